The first-order valence-electron chi connectivity index (χ1n) is 4.30. The highest BCUT2D eigenvalue weighted by Gasteiger charge is 2.02. The molecule has 0 saturated heterocycles. The number of hydrogen-bond donors (Lipinski definition) is 1. The molecule has 0 radical (unpaired) electrons. The molecule has 0 unspecified atom stereocenters. The van der Waals surface area contributed by atoms with Crippen LogP contribution in [0.3, 0.4) is 0 Å². The van der Waals surface area contributed by atoms with E-state index >= 15 is 0 Å². The minimum Gasteiger partial charge on any atom is -0.355 e. The van der Waals surface area contributed by atoms with E-state index in [2.05, 4.69) is 18.1 Å². The smallest absolute Gasteiger partial charge is 0.0499 e. The van der Waals surface area contributed by atoms with Crippen molar-refractivity contribution >= 4 is 24.8 Å². The lowest BCUT2D eigenvalue weighted by atomic mass is 10.1. The summed E-state index contributed by atoms with van der Waals surface area (Å²) < 4.78 is 0. The van der Waals surface area contributed by atoms with E-state index in [0.29, 0.717) is 0 Å². The minimum atomic E-state index is 0.730. The highest BCUT2D eigenvalue weighted by atomic mass is 35.5. The third-order valence-corrected chi connectivity index (χ3v) is 2.49. The standard InChI is InChI=1S/C12H10ClN/c1-8-7-12(14-9(8)2)10-5-3-4-6-11(10)13/h3-7,14H,1-2H2. The third-order valence-electron chi connectivity index (χ3n) is 2.16. The first-order chi connectivity index (χ1) is 6.68. The van der Waals surface area contributed by atoms with Crippen molar-refractivity contribution in [1.29, 1.82) is 0 Å². The lowest BCUT2D eigenvalue weighted by Gasteiger charge is -1.99. The molecule has 0 atom stereocenters. The van der Waals surface area contributed by atoms with Gasteiger partial charge in [0.2, 0.25) is 0 Å². The zero-order valence-corrected chi connectivity index (χ0v) is 8.43. The predicted molar refractivity (Wildman–Crippen MR) is 61.5 cm³/mol. The Morgan fingerprint density at radius 1 is 1.14 bits per heavy atom. The van der Waals surface area contributed by atoms with Gasteiger partial charge in [-0.15, -0.1) is 0 Å². The van der Waals surface area contributed by atoms with Crippen LogP contribution >= 0.6 is 11.6 Å². The van der Waals surface area contributed by atoms with E-state index in [1.54, 1.807) is 0 Å². The summed E-state index contributed by atoms with van der Waals surface area (Å²) in [5.41, 5.74) is 1.94. The molecule has 0 aliphatic rings. The Kier molecular flexibility index (Phi) is 2.18. The Morgan fingerprint density at radius 3 is 2.43 bits per heavy atom. The van der Waals surface area contributed by atoms with Crippen molar-refractivity contribution in [2.45, 2.75) is 0 Å². The molecule has 1 N–H and O–H groups in total. The van der Waals surface area contributed by atoms with Crippen LogP contribution in [0.1, 0.15) is 0 Å². The fourth-order valence-electron chi connectivity index (χ4n) is 1.36. The van der Waals surface area contributed by atoms with E-state index in [-0.39, 0.29) is 0 Å². The van der Waals surface area contributed by atoms with Gasteiger partial charge in [-0.1, -0.05) is 43.0 Å². The van der Waals surface area contributed by atoms with Gasteiger partial charge in [-0.05, 0) is 17.4 Å². The van der Waals surface area contributed by atoms with E-state index in [1.807, 2.05) is 30.3 Å². The number of nitrogens with one attached hydrogen (secondary N) is 1. The minimum absolute atomic E-state index is 0.730. The summed E-state index contributed by atoms with van der Waals surface area (Å²) in [4.78, 5) is 3.14. The molecule has 0 amide bonds. The molecule has 0 aliphatic heterocycles. The molecule has 2 rings (SSSR count). The van der Waals surface area contributed by atoms with Crippen molar-refractivity contribution in [3.63, 3.8) is 0 Å². The second kappa shape index (κ2) is 3.35. The van der Waals surface area contributed by atoms with Crippen LogP contribution in [0, 0.1) is 0 Å². The van der Waals surface area contributed by atoms with Gasteiger partial charge in [-0.25, -0.2) is 0 Å². The van der Waals surface area contributed by atoms with Crippen molar-refractivity contribution in [2.24, 2.45) is 0 Å². The normalized spacial score (nSPS) is 10.4. The van der Waals surface area contributed by atoms with Gasteiger partial charge in [-0.2, -0.15) is 0 Å². The highest BCUT2D eigenvalue weighted by Crippen LogP contribution is 2.24. The van der Waals surface area contributed by atoms with E-state index in [1.165, 1.54) is 0 Å². The largest absolute Gasteiger partial charge is 0.355 e. The molecule has 0 saturated carbocycles. The maximum absolute atomic E-state index is 6.06. The van der Waals surface area contributed by atoms with Gasteiger partial charge in [0.1, 0.15) is 0 Å². The quantitative estimate of drug-likeness (QED) is 0.731. The molecule has 0 spiro atoms. The summed E-state index contributed by atoms with van der Waals surface area (Å²) in [6, 6.07) is 9.64. The molecule has 1 nitrogen and oxygen atoms in total. The van der Waals surface area contributed by atoms with Gasteiger partial charge in [0.25, 0.3) is 0 Å². The Hall–Kier alpha value is -1.47. The fourth-order valence-corrected chi connectivity index (χ4v) is 1.60. The number of aromatic amines is 1. The molecular weight excluding hydrogens is 194 g/mol. The van der Waals surface area contributed by atoms with Crippen molar-refractivity contribution in [3.05, 3.63) is 45.9 Å². The molecule has 70 valence electrons. The maximum atomic E-state index is 6.06. The van der Waals surface area contributed by atoms with Crippen molar-refractivity contribution < 1.29 is 0 Å². The number of hydrogen-bond acceptors (Lipinski definition) is 0. The predicted octanol–water partition coefficient (Wildman–Crippen LogP) is 2.16. The molecule has 0 bridgehead atoms. The molecule has 1 heterocycles. The van der Waals surface area contributed by atoms with Crippen molar-refractivity contribution in [3.8, 4) is 11.3 Å². The monoisotopic (exact) mass is 203 g/mol. The summed E-state index contributed by atoms with van der Waals surface area (Å²) in [7, 11) is 0. The maximum Gasteiger partial charge on any atom is 0.0499 e. The average Bonchev–Trinajstić information content (AvgIpc) is 2.48. The molecular formula is C12H10ClN. The SMILES string of the molecule is C=c1cc(-c2ccccc2Cl)[nH]c1=C. The van der Waals surface area contributed by atoms with E-state index < -0.39 is 0 Å². The molecule has 1 aromatic heterocycles. The number of halogens is 1. The van der Waals surface area contributed by atoms with Gasteiger partial charge in [0.15, 0.2) is 0 Å². The number of benzene rings is 1. The lowest BCUT2D eigenvalue weighted by molar-refractivity contribution is 1.33. The second-order valence-corrected chi connectivity index (χ2v) is 3.57. The summed E-state index contributed by atoms with van der Waals surface area (Å²) in [6.07, 6.45) is 0. The zero-order chi connectivity index (χ0) is 10.1. The number of aromatic nitrogens is 1. The van der Waals surface area contributed by atoms with Crippen LogP contribution in [-0.2, 0) is 0 Å². The fraction of sp³-hybridized carbons (Fsp3) is 0. The third kappa shape index (κ3) is 1.47. The van der Waals surface area contributed by atoms with Crippen LogP contribution in [0.15, 0.2) is 30.3 Å². The zero-order valence-electron chi connectivity index (χ0n) is 7.68. The summed E-state index contributed by atoms with van der Waals surface area (Å²) in [6.45, 7) is 7.69. The highest BCUT2D eigenvalue weighted by molar-refractivity contribution is 6.33. The molecule has 14 heavy (non-hydrogen) atoms. The summed E-state index contributed by atoms with van der Waals surface area (Å²) in [5.74, 6) is 0. The first kappa shape index (κ1) is 9.10. The van der Waals surface area contributed by atoms with E-state index in [4.69, 9.17) is 11.6 Å². The van der Waals surface area contributed by atoms with Crippen LogP contribution < -0.4 is 10.6 Å². The molecule has 0 fully saturated rings. The van der Waals surface area contributed by atoms with Crippen molar-refractivity contribution in [2.75, 3.05) is 0 Å². The lowest BCUT2D eigenvalue weighted by Crippen LogP contribution is -2.17. The van der Waals surface area contributed by atoms with Crippen LogP contribution in [0.5, 0.6) is 0 Å². The second-order valence-electron chi connectivity index (χ2n) is 3.17. The number of rotatable bonds is 1. The molecule has 2 heteroatoms. The van der Waals surface area contributed by atoms with Crippen LogP contribution in [0.2, 0.25) is 5.02 Å². The van der Waals surface area contributed by atoms with E-state index in [9.17, 15) is 0 Å². The van der Waals surface area contributed by atoms with Gasteiger partial charge in [0, 0.05) is 21.6 Å². The first-order valence-corrected chi connectivity index (χ1v) is 4.68. The number of H-pyrrole nitrogens is 1. The summed E-state index contributed by atoms with van der Waals surface area (Å²) >= 11 is 6.06. The Bertz CT molecular complexity index is 526. The summed E-state index contributed by atoms with van der Waals surface area (Å²) in [5, 5.41) is 2.47. The molecule has 0 aliphatic carbocycles. The Balaban J connectivity index is 2.66. The van der Waals surface area contributed by atoms with Gasteiger partial charge in [-0.3, -0.25) is 0 Å². The van der Waals surface area contributed by atoms with Gasteiger partial charge >= 0.3 is 0 Å². The molecule has 1 aromatic carbocycles. The average molecular weight is 204 g/mol. The Morgan fingerprint density at radius 2 is 1.86 bits per heavy atom. The van der Waals surface area contributed by atoms with Gasteiger partial charge in [0.05, 0.1) is 0 Å². The van der Waals surface area contributed by atoms with Gasteiger partial charge < -0.3 is 4.98 Å². The van der Waals surface area contributed by atoms with E-state index in [0.717, 1.165) is 26.8 Å². The van der Waals surface area contributed by atoms with Crippen molar-refractivity contribution in [1.82, 2.24) is 4.98 Å². The topological polar surface area (TPSA) is 15.8 Å². The Labute approximate surface area is 87.4 Å². The van der Waals surface area contributed by atoms with Crippen LogP contribution in [-0.4, -0.2) is 4.98 Å². The molecule has 2 aromatic rings. The van der Waals surface area contributed by atoms with Crippen LogP contribution in [0.25, 0.3) is 24.4 Å². The van der Waals surface area contributed by atoms with Crippen LogP contribution in [0.4, 0.5) is 0 Å².